The van der Waals surface area contributed by atoms with Crippen LogP contribution in [0, 0.1) is 0 Å². The fourth-order valence-corrected chi connectivity index (χ4v) is 1.52. The molecule has 1 fully saturated rings. The minimum atomic E-state index is 0.614. The average molecular weight is 182 g/mol. The Morgan fingerprint density at radius 1 is 1.69 bits per heavy atom. The number of rotatable bonds is 4. The lowest BCUT2D eigenvalue weighted by Crippen LogP contribution is -2.32. The maximum absolute atomic E-state index is 4.88. The average Bonchev–Trinajstić information content (AvgIpc) is 2.75. The number of hydrogen-bond acceptors (Lipinski definition) is 5. The van der Waals surface area contributed by atoms with Crippen molar-refractivity contribution in [3.05, 3.63) is 12.2 Å². The molecule has 5 nitrogen and oxygen atoms in total. The molecular weight excluding hydrogens is 168 g/mol. The summed E-state index contributed by atoms with van der Waals surface area (Å²) in [4.78, 5) is 3.95. The second kappa shape index (κ2) is 4.34. The van der Waals surface area contributed by atoms with Crippen LogP contribution in [0.2, 0.25) is 0 Å². The first-order chi connectivity index (χ1) is 6.45. The Kier molecular flexibility index (Phi) is 2.89. The summed E-state index contributed by atoms with van der Waals surface area (Å²) in [5, 5.41) is 10.3. The molecule has 2 heterocycles. The van der Waals surface area contributed by atoms with E-state index in [-0.39, 0.29) is 0 Å². The molecule has 1 saturated heterocycles. The minimum Gasteiger partial charge on any atom is -0.340 e. The van der Waals surface area contributed by atoms with E-state index in [4.69, 9.17) is 4.52 Å². The van der Waals surface area contributed by atoms with Crippen LogP contribution in [0.25, 0.3) is 0 Å². The van der Waals surface area contributed by atoms with E-state index in [1.807, 2.05) is 0 Å². The van der Waals surface area contributed by atoms with Crippen molar-refractivity contribution < 1.29 is 4.52 Å². The Labute approximate surface area is 76.9 Å². The third-order valence-electron chi connectivity index (χ3n) is 2.24. The van der Waals surface area contributed by atoms with Gasteiger partial charge in [-0.05, 0) is 13.0 Å². The van der Waals surface area contributed by atoms with Gasteiger partial charge in [-0.2, -0.15) is 4.98 Å². The molecular formula is C8H14N4O. The fourth-order valence-electron chi connectivity index (χ4n) is 1.52. The van der Waals surface area contributed by atoms with Crippen molar-refractivity contribution in [1.29, 1.82) is 0 Å². The van der Waals surface area contributed by atoms with E-state index in [1.54, 1.807) is 0 Å². The first kappa shape index (κ1) is 8.65. The zero-order chi connectivity index (χ0) is 8.93. The quantitative estimate of drug-likeness (QED) is 0.661. The van der Waals surface area contributed by atoms with Gasteiger partial charge in [-0.3, -0.25) is 0 Å². The Bertz CT molecular complexity index is 230. The third-order valence-corrected chi connectivity index (χ3v) is 2.24. The summed E-state index contributed by atoms with van der Waals surface area (Å²) in [5.74, 6) is 0.707. The first-order valence-electron chi connectivity index (χ1n) is 4.65. The van der Waals surface area contributed by atoms with Crippen molar-refractivity contribution in [2.45, 2.75) is 18.9 Å². The van der Waals surface area contributed by atoms with Gasteiger partial charge in [-0.1, -0.05) is 5.16 Å². The molecule has 1 aromatic rings. The van der Waals surface area contributed by atoms with Crippen LogP contribution in [0.4, 0.5) is 0 Å². The molecule has 0 amide bonds. The molecule has 0 spiro atoms. The lowest BCUT2D eigenvalue weighted by molar-refractivity contribution is 0.372. The summed E-state index contributed by atoms with van der Waals surface area (Å²) in [6.07, 6.45) is 3.47. The standard InChI is InChI=1S/C8H14N4O/c1-3-9-5-7(1)10-4-2-8-11-6-12-13-8/h6-7,9-10H,1-5H2. The smallest absolute Gasteiger partial charge is 0.227 e. The van der Waals surface area contributed by atoms with Gasteiger partial charge < -0.3 is 15.2 Å². The van der Waals surface area contributed by atoms with Crippen molar-refractivity contribution >= 4 is 0 Å². The molecule has 1 aliphatic rings. The van der Waals surface area contributed by atoms with Crippen LogP contribution >= 0.6 is 0 Å². The summed E-state index contributed by atoms with van der Waals surface area (Å²) in [6.45, 7) is 3.11. The second-order valence-electron chi connectivity index (χ2n) is 3.23. The molecule has 0 aliphatic carbocycles. The predicted molar refractivity (Wildman–Crippen MR) is 47.3 cm³/mol. The lowest BCUT2D eigenvalue weighted by Gasteiger charge is -2.08. The highest BCUT2D eigenvalue weighted by atomic mass is 16.5. The van der Waals surface area contributed by atoms with Gasteiger partial charge in [0, 0.05) is 25.6 Å². The highest BCUT2D eigenvalue weighted by molar-refractivity contribution is 4.80. The maximum atomic E-state index is 4.88. The van der Waals surface area contributed by atoms with E-state index in [0.717, 1.165) is 26.1 Å². The topological polar surface area (TPSA) is 63.0 Å². The number of aromatic nitrogens is 2. The van der Waals surface area contributed by atoms with Gasteiger partial charge in [0.05, 0.1) is 0 Å². The van der Waals surface area contributed by atoms with Crippen molar-refractivity contribution in [3.8, 4) is 0 Å². The summed E-state index contributed by atoms with van der Waals surface area (Å²) in [5.41, 5.74) is 0. The Hall–Kier alpha value is -0.940. The molecule has 1 unspecified atom stereocenters. The maximum Gasteiger partial charge on any atom is 0.227 e. The minimum absolute atomic E-state index is 0.614. The second-order valence-corrected chi connectivity index (χ2v) is 3.23. The number of hydrogen-bond donors (Lipinski definition) is 2. The van der Waals surface area contributed by atoms with E-state index in [1.165, 1.54) is 12.7 Å². The summed E-state index contributed by atoms with van der Waals surface area (Å²) < 4.78 is 4.88. The molecule has 2 N–H and O–H groups in total. The molecule has 5 heteroatoms. The SMILES string of the molecule is c1noc(CCNC2CCNC2)n1. The van der Waals surface area contributed by atoms with Gasteiger partial charge in [0.2, 0.25) is 5.89 Å². The zero-order valence-electron chi connectivity index (χ0n) is 7.49. The molecule has 72 valence electrons. The normalized spacial score (nSPS) is 22.3. The van der Waals surface area contributed by atoms with Crippen molar-refractivity contribution in [2.75, 3.05) is 19.6 Å². The van der Waals surface area contributed by atoms with Crippen LogP contribution in [0.1, 0.15) is 12.3 Å². The number of nitrogens with one attached hydrogen (secondary N) is 2. The van der Waals surface area contributed by atoms with Crippen LogP contribution in [-0.4, -0.2) is 35.8 Å². The van der Waals surface area contributed by atoms with Crippen LogP contribution in [0.15, 0.2) is 10.9 Å². The molecule has 2 rings (SSSR count). The summed E-state index contributed by atoms with van der Waals surface area (Å²) in [6, 6.07) is 0.614. The molecule has 13 heavy (non-hydrogen) atoms. The molecule has 0 radical (unpaired) electrons. The predicted octanol–water partition coefficient (Wildman–Crippen LogP) is -0.436. The zero-order valence-corrected chi connectivity index (χ0v) is 7.49. The highest BCUT2D eigenvalue weighted by Gasteiger charge is 2.12. The summed E-state index contributed by atoms with van der Waals surface area (Å²) in [7, 11) is 0. The van der Waals surface area contributed by atoms with Gasteiger partial charge in [0.25, 0.3) is 0 Å². The first-order valence-corrected chi connectivity index (χ1v) is 4.65. The van der Waals surface area contributed by atoms with Crippen LogP contribution in [0.3, 0.4) is 0 Å². The van der Waals surface area contributed by atoms with E-state index < -0.39 is 0 Å². The Morgan fingerprint density at radius 2 is 2.69 bits per heavy atom. The van der Waals surface area contributed by atoms with Crippen LogP contribution < -0.4 is 10.6 Å². The van der Waals surface area contributed by atoms with Crippen molar-refractivity contribution in [2.24, 2.45) is 0 Å². The van der Waals surface area contributed by atoms with E-state index in [2.05, 4.69) is 20.8 Å². The van der Waals surface area contributed by atoms with E-state index in [0.29, 0.717) is 11.9 Å². The van der Waals surface area contributed by atoms with Crippen molar-refractivity contribution in [3.63, 3.8) is 0 Å². The Balaban J connectivity index is 1.63. The lowest BCUT2D eigenvalue weighted by atomic mass is 10.2. The van der Waals surface area contributed by atoms with E-state index >= 15 is 0 Å². The molecule has 0 aromatic carbocycles. The van der Waals surface area contributed by atoms with Gasteiger partial charge in [-0.15, -0.1) is 0 Å². The highest BCUT2D eigenvalue weighted by Crippen LogP contribution is 1.97. The van der Waals surface area contributed by atoms with Gasteiger partial charge in [0.1, 0.15) is 0 Å². The molecule has 0 bridgehead atoms. The monoisotopic (exact) mass is 182 g/mol. The third kappa shape index (κ3) is 2.50. The number of nitrogens with zero attached hydrogens (tertiary/aromatic N) is 2. The van der Waals surface area contributed by atoms with Crippen molar-refractivity contribution in [1.82, 2.24) is 20.8 Å². The van der Waals surface area contributed by atoms with Crippen LogP contribution in [0.5, 0.6) is 0 Å². The van der Waals surface area contributed by atoms with Gasteiger partial charge in [-0.25, -0.2) is 0 Å². The molecule has 1 aromatic heterocycles. The van der Waals surface area contributed by atoms with E-state index in [9.17, 15) is 0 Å². The fraction of sp³-hybridized carbons (Fsp3) is 0.750. The van der Waals surface area contributed by atoms with Crippen LogP contribution in [-0.2, 0) is 6.42 Å². The molecule has 1 atom stereocenters. The summed E-state index contributed by atoms with van der Waals surface area (Å²) >= 11 is 0. The van der Waals surface area contributed by atoms with Gasteiger partial charge >= 0.3 is 0 Å². The molecule has 1 aliphatic heterocycles. The largest absolute Gasteiger partial charge is 0.340 e. The molecule has 0 saturated carbocycles. The Morgan fingerprint density at radius 3 is 3.38 bits per heavy atom. The van der Waals surface area contributed by atoms with Gasteiger partial charge in [0.15, 0.2) is 6.33 Å².